The second-order valence-corrected chi connectivity index (χ2v) is 4.51. The molecule has 1 aliphatic rings. The van der Waals surface area contributed by atoms with E-state index in [0.717, 1.165) is 25.9 Å². The van der Waals surface area contributed by atoms with E-state index in [0.29, 0.717) is 11.8 Å². The molecule has 0 amide bonds. The maximum Gasteiger partial charge on any atom is 0.310 e. The molecule has 0 aromatic rings. The average molecular weight is 199 g/mol. The fourth-order valence-corrected chi connectivity index (χ4v) is 2.23. The first kappa shape index (κ1) is 11.5. The van der Waals surface area contributed by atoms with Crippen molar-refractivity contribution in [3.05, 3.63) is 0 Å². The number of carbonyl (C=O) groups excluding carboxylic acids is 1. The molecule has 0 aromatic heterocycles. The van der Waals surface area contributed by atoms with Crippen LogP contribution in [-0.2, 0) is 9.53 Å². The van der Waals surface area contributed by atoms with Gasteiger partial charge in [-0.2, -0.15) is 0 Å². The third-order valence-electron chi connectivity index (χ3n) is 2.90. The molecule has 0 radical (unpaired) electrons. The second-order valence-electron chi connectivity index (χ2n) is 4.51. The fraction of sp³-hybridized carbons (Fsp3) is 0.909. The maximum absolute atomic E-state index is 11.5. The summed E-state index contributed by atoms with van der Waals surface area (Å²) < 4.78 is 4.82. The zero-order valence-electron chi connectivity index (χ0n) is 9.38. The molecule has 0 aliphatic carbocycles. The normalized spacial score (nSPS) is 27.7. The summed E-state index contributed by atoms with van der Waals surface area (Å²) in [7, 11) is 1.48. The number of rotatable bonds is 3. The van der Waals surface area contributed by atoms with Crippen molar-refractivity contribution in [1.82, 2.24) is 5.32 Å². The molecule has 0 saturated carbocycles. The number of nitrogens with one attached hydrogen (secondary N) is 1. The SMILES string of the molecule is COC(=O)[C@H]1CNCC[C@@H]1CC(C)C. The third kappa shape index (κ3) is 2.98. The van der Waals surface area contributed by atoms with E-state index < -0.39 is 0 Å². The summed E-state index contributed by atoms with van der Waals surface area (Å²) in [6.07, 6.45) is 2.22. The number of hydrogen-bond acceptors (Lipinski definition) is 3. The lowest BCUT2D eigenvalue weighted by Crippen LogP contribution is -2.41. The van der Waals surface area contributed by atoms with Crippen LogP contribution in [0, 0.1) is 17.8 Å². The summed E-state index contributed by atoms with van der Waals surface area (Å²) in [6, 6.07) is 0. The molecule has 14 heavy (non-hydrogen) atoms. The highest BCUT2D eigenvalue weighted by atomic mass is 16.5. The van der Waals surface area contributed by atoms with Gasteiger partial charge in [0.2, 0.25) is 0 Å². The van der Waals surface area contributed by atoms with Crippen molar-refractivity contribution in [2.24, 2.45) is 17.8 Å². The lowest BCUT2D eigenvalue weighted by Gasteiger charge is -2.31. The summed E-state index contributed by atoms with van der Waals surface area (Å²) in [5.41, 5.74) is 0. The highest BCUT2D eigenvalue weighted by Crippen LogP contribution is 2.26. The van der Waals surface area contributed by atoms with Crippen molar-refractivity contribution in [3.63, 3.8) is 0 Å². The van der Waals surface area contributed by atoms with Crippen LogP contribution in [0.15, 0.2) is 0 Å². The third-order valence-corrected chi connectivity index (χ3v) is 2.90. The number of esters is 1. The van der Waals surface area contributed by atoms with E-state index in [2.05, 4.69) is 19.2 Å². The van der Waals surface area contributed by atoms with Crippen molar-refractivity contribution in [2.45, 2.75) is 26.7 Å². The molecule has 1 fully saturated rings. The van der Waals surface area contributed by atoms with Crippen molar-refractivity contribution >= 4 is 5.97 Å². The molecule has 0 unspecified atom stereocenters. The van der Waals surface area contributed by atoms with Crippen LogP contribution in [0.1, 0.15) is 26.7 Å². The Morgan fingerprint density at radius 2 is 2.29 bits per heavy atom. The van der Waals surface area contributed by atoms with Gasteiger partial charge in [-0.25, -0.2) is 0 Å². The molecule has 0 spiro atoms. The number of methoxy groups -OCH3 is 1. The molecule has 1 rings (SSSR count). The van der Waals surface area contributed by atoms with Crippen LogP contribution in [-0.4, -0.2) is 26.2 Å². The summed E-state index contributed by atoms with van der Waals surface area (Å²) in [4.78, 5) is 11.5. The van der Waals surface area contributed by atoms with Gasteiger partial charge in [0.25, 0.3) is 0 Å². The first-order valence-electron chi connectivity index (χ1n) is 5.43. The van der Waals surface area contributed by atoms with Crippen LogP contribution in [0.2, 0.25) is 0 Å². The molecule has 82 valence electrons. The predicted molar refractivity (Wildman–Crippen MR) is 55.9 cm³/mol. The molecule has 1 saturated heterocycles. The van der Waals surface area contributed by atoms with Gasteiger partial charge in [-0.15, -0.1) is 0 Å². The molecule has 1 heterocycles. The summed E-state index contributed by atoms with van der Waals surface area (Å²) in [6.45, 7) is 6.22. The Balaban J connectivity index is 2.54. The van der Waals surface area contributed by atoms with Crippen LogP contribution >= 0.6 is 0 Å². The van der Waals surface area contributed by atoms with Gasteiger partial charge in [-0.05, 0) is 31.2 Å². The van der Waals surface area contributed by atoms with Crippen molar-refractivity contribution < 1.29 is 9.53 Å². The Hall–Kier alpha value is -0.570. The zero-order valence-corrected chi connectivity index (χ0v) is 9.38. The van der Waals surface area contributed by atoms with Gasteiger partial charge >= 0.3 is 5.97 Å². The molecule has 3 heteroatoms. The highest BCUT2D eigenvalue weighted by molar-refractivity contribution is 5.73. The molecule has 3 nitrogen and oxygen atoms in total. The average Bonchev–Trinajstić information content (AvgIpc) is 2.16. The van der Waals surface area contributed by atoms with E-state index in [1.165, 1.54) is 7.11 Å². The van der Waals surface area contributed by atoms with Crippen molar-refractivity contribution in [3.8, 4) is 0 Å². The van der Waals surface area contributed by atoms with Gasteiger partial charge in [-0.3, -0.25) is 4.79 Å². The molecule has 0 aromatic carbocycles. The van der Waals surface area contributed by atoms with E-state index in [-0.39, 0.29) is 11.9 Å². The second kappa shape index (κ2) is 5.35. The predicted octanol–water partition coefficient (Wildman–Crippen LogP) is 1.43. The topological polar surface area (TPSA) is 38.3 Å². The van der Waals surface area contributed by atoms with E-state index in [1.54, 1.807) is 0 Å². The number of piperidine rings is 1. The van der Waals surface area contributed by atoms with Gasteiger partial charge in [-0.1, -0.05) is 13.8 Å². The fourth-order valence-electron chi connectivity index (χ4n) is 2.23. The number of carbonyl (C=O) groups is 1. The Kier molecular flexibility index (Phi) is 4.39. The van der Waals surface area contributed by atoms with Gasteiger partial charge in [0, 0.05) is 6.54 Å². The minimum absolute atomic E-state index is 0.0529. The molecule has 0 bridgehead atoms. The highest BCUT2D eigenvalue weighted by Gasteiger charge is 2.31. The van der Waals surface area contributed by atoms with E-state index in [1.807, 2.05) is 0 Å². The van der Waals surface area contributed by atoms with Crippen molar-refractivity contribution in [1.29, 1.82) is 0 Å². The van der Waals surface area contributed by atoms with Gasteiger partial charge in [0.15, 0.2) is 0 Å². The molecule has 1 N–H and O–H groups in total. The lowest BCUT2D eigenvalue weighted by atomic mass is 9.81. The summed E-state index contributed by atoms with van der Waals surface area (Å²) in [5.74, 6) is 1.17. The van der Waals surface area contributed by atoms with Crippen molar-refractivity contribution in [2.75, 3.05) is 20.2 Å². The van der Waals surface area contributed by atoms with Crippen LogP contribution in [0.3, 0.4) is 0 Å². The van der Waals surface area contributed by atoms with Crippen LogP contribution in [0.5, 0.6) is 0 Å². The lowest BCUT2D eigenvalue weighted by molar-refractivity contribution is -0.148. The molecular weight excluding hydrogens is 178 g/mol. The Labute approximate surface area is 86.2 Å². The first-order valence-corrected chi connectivity index (χ1v) is 5.43. The number of ether oxygens (including phenoxy) is 1. The van der Waals surface area contributed by atoms with Crippen LogP contribution < -0.4 is 5.32 Å². The Morgan fingerprint density at radius 1 is 1.57 bits per heavy atom. The van der Waals surface area contributed by atoms with Crippen LogP contribution in [0.25, 0.3) is 0 Å². The van der Waals surface area contributed by atoms with Crippen LogP contribution in [0.4, 0.5) is 0 Å². The van der Waals surface area contributed by atoms with Gasteiger partial charge < -0.3 is 10.1 Å². The smallest absolute Gasteiger partial charge is 0.310 e. The minimum Gasteiger partial charge on any atom is -0.469 e. The van der Waals surface area contributed by atoms with Gasteiger partial charge in [0.05, 0.1) is 13.0 Å². The Morgan fingerprint density at radius 3 is 2.86 bits per heavy atom. The quantitative estimate of drug-likeness (QED) is 0.699. The minimum atomic E-state index is -0.0529. The first-order chi connectivity index (χ1) is 6.65. The van der Waals surface area contributed by atoms with E-state index >= 15 is 0 Å². The van der Waals surface area contributed by atoms with E-state index in [4.69, 9.17) is 4.74 Å². The van der Waals surface area contributed by atoms with Gasteiger partial charge in [0.1, 0.15) is 0 Å². The van der Waals surface area contributed by atoms with E-state index in [9.17, 15) is 4.79 Å². The zero-order chi connectivity index (χ0) is 10.6. The largest absolute Gasteiger partial charge is 0.469 e. The molecular formula is C11H21NO2. The monoisotopic (exact) mass is 199 g/mol. The Bertz CT molecular complexity index is 192. The summed E-state index contributed by atoms with van der Waals surface area (Å²) >= 11 is 0. The molecule has 2 atom stereocenters. The maximum atomic E-state index is 11.5. The molecule has 1 aliphatic heterocycles. The standard InChI is InChI=1S/C11H21NO2/c1-8(2)6-9-4-5-12-7-10(9)11(13)14-3/h8-10,12H,4-7H2,1-3H3/t9-,10+/m1/s1. The summed E-state index contributed by atoms with van der Waals surface area (Å²) in [5, 5.41) is 3.25. The number of hydrogen-bond donors (Lipinski definition) is 1.